The van der Waals surface area contributed by atoms with E-state index < -0.39 is 12.5 Å². The van der Waals surface area contributed by atoms with Crippen molar-refractivity contribution in [3.05, 3.63) is 0 Å². The van der Waals surface area contributed by atoms with Crippen molar-refractivity contribution < 1.29 is 13.9 Å². The molecule has 13 heavy (non-hydrogen) atoms. The Balaban J connectivity index is 2.21. The highest BCUT2D eigenvalue weighted by Gasteiger charge is 2.16. The first-order valence-corrected chi connectivity index (χ1v) is 4.18. The molecule has 0 spiro atoms. The van der Waals surface area contributed by atoms with Crippen molar-refractivity contribution in [2.75, 3.05) is 19.6 Å². The fraction of sp³-hybridized carbons (Fsp3) is 0.857. The zero-order valence-electron chi connectivity index (χ0n) is 7.13. The third-order valence-corrected chi connectivity index (χ3v) is 1.67. The molecule has 0 aromatic carbocycles. The second kappa shape index (κ2) is 4.96. The van der Waals surface area contributed by atoms with Crippen LogP contribution in [0.4, 0.5) is 8.78 Å². The Labute approximate surface area is 75.0 Å². The standard InChI is InChI=1S/C7H13F2N3O/c8-6(9)5(13)4-12-7-10-2-1-3-11-7/h5-6,13H,1-4H2,(H2,10,11,12). The van der Waals surface area contributed by atoms with Gasteiger partial charge < -0.3 is 15.7 Å². The second-order valence-corrected chi connectivity index (χ2v) is 2.79. The van der Waals surface area contributed by atoms with E-state index in [1.807, 2.05) is 0 Å². The number of guanidine groups is 1. The molecule has 0 saturated heterocycles. The number of rotatable bonds is 3. The Hall–Kier alpha value is -0.910. The van der Waals surface area contributed by atoms with Crippen molar-refractivity contribution in [3.8, 4) is 0 Å². The number of aliphatic hydroxyl groups excluding tert-OH is 1. The maximum atomic E-state index is 11.8. The van der Waals surface area contributed by atoms with Crippen LogP contribution in [-0.4, -0.2) is 43.2 Å². The summed E-state index contributed by atoms with van der Waals surface area (Å²) in [6, 6.07) is 0. The molecule has 0 amide bonds. The maximum absolute atomic E-state index is 11.8. The molecule has 0 fully saturated rings. The molecule has 0 radical (unpaired) electrons. The van der Waals surface area contributed by atoms with Crippen LogP contribution >= 0.6 is 0 Å². The van der Waals surface area contributed by atoms with Gasteiger partial charge in [-0.05, 0) is 6.42 Å². The third-order valence-electron chi connectivity index (χ3n) is 1.67. The number of hydrogen-bond donors (Lipinski definition) is 3. The van der Waals surface area contributed by atoms with Gasteiger partial charge >= 0.3 is 0 Å². The maximum Gasteiger partial charge on any atom is 0.265 e. The van der Waals surface area contributed by atoms with Crippen molar-refractivity contribution in [1.82, 2.24) is 10.6 Å². The molecular weight excluding hydrogens is 180 g/mol. The molecule has 1 aliphatic rings. The highest BCUT2D eigenvalue weighted by atomic mass is 19.3. The van der Waals surface area contributed by atoms with E-state index >= 15 is 0 Å². The number of alkyl halides is 2. The van der Waals surface area contributed by atoms with E-state index in [0.717, 1.165) is 13.0 Å². The molecule has 0 aliphatic carbocycles. The van der Waals surface area contributed by atoms with Crippen LogP contribution in [0.3, 0.4) is 0 Å². The van der Waals surface area contributed by atoms with Crippen LogP contribution < -0.4 is 10.6 Å². The Bertz CT molecular complexity index is 187. The predicted octanol–water partition coefficient (Wildman–Crippen LogP) is -0.449. The lowest BCUT2D eigenvalue weighted by Crippen LogP contribution is -2.45. The molecule has 0 aromatic heterocycles. The van der Waals surface area contributed by atoms with Gasteiger partial charge in [-0.1, -0.05) is 0 Å². The SMILES string of the molecule is OC(CNC1=NCCCN1)C(F)F. The topological polar surface area (TPSA) is 56.6 Å². The summed E-state index contributed by atoms with van der Waals surface area (Å²) < 4.78 is 23.7. The van der Waals surface area contributed by atoms with Crippen LogP contribution in [0.2, 0.25) is 0 Å². The number of nitrogens with one attached hydrogen (secondary N) is 2. The number of aliphatic hydroxyl groups is 1. The molecule has 0 saturated carbocycles. The normalized spacial score (nSPS) is 19.2. The van der Waals surface area contributed by atoms with Crippen molar-refractivity contribution in [1.29, 1.82) is 0 Å². The molecule has 3 N–H and O–H groups in total. The summed E-state index contributed by atoms with van der Waals surface area (Å²) in [5, 5.41) is 14.3. The summed E-state index contributed by atoms with van der Waals surface area (Å²) in [4.78, 5) is 4.00. The van der Waals surface area contributed by atoms with Crippen molar-refractivity contribution >= 4 is 5.96 Å². The van der Waals surface area contributed by atoms with Crippen LogP contribution in [0.15, 0.2) is 4.99 Å². The van der Waals surface area contributed by atoms with Gasteiger partial charge in [0.05, 0.1) is 0 Å². The van der Waals surface area contributed by atoms with Gasteiger partial charge in [-0.2, -0.15) is 0 Å². The first-order valence-electron chi connectivity index (χ1n) is 4.18. The van der Waals surface area contributed by atoms with Crippen molar-refractivity contribution in [2.24, 2.45) is 4.99 Å². The van der Waals surface area contributed by atoms with Crippen molar-refractivity contribution in [2.45, 2.75) is 19.0 Å². The number of hydrogen-bond acceptors (Lipinski definition) is 4. The van der Waals surface area contributed by atoms with Crippen molar-refractivity contribution in [3.63, 3.8) is 0 Å². The van der Waals surface area contributed by atoms with Gasteiger partial charge in [-0.3, -0.25) is 4.99 Å². The predicted molar refractivity (Wildman–Crippen MR) is 44.9 cm³/mol. The fourth-order valence-electron chi connectivity index (χ4n) is 0.941. The quantitative estimate of drug-likeness (QED) is 0.569. The second-order valence-electron chi connectivity index (χ2n) is 2.79. The van der Waals surface area contributed by atoms with Gasteiger partial charge in [0.25, 0.3) is 6.43 Å². The Morgan fingerprint density at radius 3 is 2.92 bits per heavy atom. The highest BCUT2D eigenvalue weighted by molar-refractivity contribution is 5.80. The van der Waals surface area contributed by atoms with Gasteiger partial charge in [0, 0.05) is 19.6 Å². The molecule has 1 aliphatic heterocycles. The van der Waals surface area contributed by atoms with E-state index in [4.69, 9.17) is 5.11 Å². The average molecular weight is 193 g/mol. The zero-order chi connectivity index (χ0) is 9.68. The average Bonchev–Trinajstić information content (AvgIpc) is 2.15. The number of aliphatic imine (C=N–C) groups is 1. The summed E-state index contributed by atoms with van der Waals surface area (Å²) in [7, 11) is 0. The molecule has 1 unspecified atom stereocenters. The van der Waals surface area contributed by atoms with E-state index in [9.17, 15) is 8.78 Å². The molecule has 76 valence electrons. The van der Waals surface area contributed by atoms with Gasteiger partial charge in [0.2, 0.25) is 0 Å². The number of nitrogens with zero attached hydrogens (tertiary/aromatic N) is 1. The van der Waals surface area contributed by atoms with E-state index in [2.05, 4.69) is 15.6 Å². The lowest BCUT2D eigenvalue weighted by Gasteiger charge is -2.17. The van der Waals surface area contributed by atoms with E-state index in [0.29, 0.717) is 12.5 Å². The summed E-state index contributed by atoms with van der Waals surface area (Å²) >= 11 is 0. The Morgan fingerprint density at radius 1 is 1.62 bits per heavy atom. The molecule has 4 nitrogen and oxygen atoms in total. The Morgan fingerprint density at radius 2 is 2.38 bits per heavy atom. The third kappa shape index (κ3) is 3.54. The minimum atomic E-state index is -2.71. The summed E-state index contributed by atoms with van der Waals surface area (Å²) in [6.45, 7) is 1.31. The Kier molecular flexibility index (Phi) is 3.88. The van der Waals surface area contributed by atoms with Gasteiger partial charge in [0.1, 0.15) is 6.10 Å². The fourth-order valence-corrected chi connectivity index (χ4v) is 0.941. The number of halogens is 2. The highest BCUT2D eigenvalue weighted by Crippen LogP contribution is 1.98. The van der Waals surface area contributed by atoms with E-state index in [-0.39, 0.29) is 6.54 Å². The first-order chi connectivity index (χ1) is 6.20. The lowest BCUT2D eigenvalue weighted by molar-refractivity contribution is -0.00102. The molecule has 1 rings (SSSR count). The van der Waals surface area contributed by atoms with Crippen LogP contribution in [0, 0.1) is 0 Å². The van der Waals surface area contributed by atoms with Crippen LogP contribution in [0.5, 0.6) is 0 Å². The minimum absolute atomic E-state index is 0.177. The van der Waals surface area contributed by atoms with Gasteiger partial charge in [-0.15, -0.1) is 0 Å². The lowest BCUT2D eigenvalue weighted by atomic mass is 10.3. The molecule has 1 atom stereocenters. The summed E-state index contributed by atoms with van der Waals surface area (Å²) in [5.74, 6) is 0.492. The van der Waals surface area contributed by atoms with E-state index in [1.54, 1.807) is 0 Å². The van der Waals surface area contributed by atoms with Gasteiger partial charge in [0.15, 0.2) is 5.96 Å². The monoisotopic (exact) mass is 193 g/mol. The largest absolute Gasteiger partial charge is 0.385 e. The molecule has 1 heterocycles. The van der Waals surface area contributed by atoms with Crippen LogP contribution in [0.1, 0.15) is 6.42 Å². The first kappa shape index (κ1) is 10.2. The van der Waals surface area contributed by atoms with E-state index in [1.165, 1.54) is 0 Å². The summed E-state index contributed by atoms with van der Waals surface area (Å²) in [5.41, 5.74) is 0. The molecular formula is C7H13F2N3O. The molecule has 0 bridgehead atoms. The summed E-state index contributed by atoms with van der Waals surface area (Å²) in [6.07, 6.45) is -3.40. The van der Waals surface area contributed by atoms with Crippen LogP contribution in [-0.2, 0) is 0 Å². The van der Waals surface area contributed by atoms with Gasteiger partial charge in [-0.25, -0.2) is 8.78 Å². The molecule has 6 heteroatoms. The molecule has 0 aromatic rings. The zero-order valence-corrected chi connectivity index (χ0v) is 7.13. The van der Waals surface area contributed by atoms with Crippen LogP contribution in [0.25, 0.3) is 0 Å². The smallest absolute Gasteiger partial charge is 0.265 e. The minimum Gasteiger partial charge on any atom is -0.385 e.